The molecule has 1 rings (SSSR count). The lowest BCUT2D eigenvalue weighted by Gasteiger charge is -2.17. The standard InChI is InChI=1S/C10H18N2O2/c1-3-12(4-2)10-6-5-9(14-10)8(11)7-13/h5-6,8,13H,3-4,7,11H2,1-2H3/t8-/m1/s1. The van der Waals surface area contributed by atoms with Crippen LogP contribution in [0.15, 0.2) is 16.5 Å². The minimum atomic E-state index is -0.417. The third-order valence-corrected chi connectivity index (χ3v) is 2.25. The van der Waals surface area contributed by atoms with Crippen LogP contribution in [0.2, 0.25) is 0 Å². The summed E-state index contributed by atoms with van der Waals surface area (Å²) in [5.74, 6) is 1.45. The van der Waals surface area contributed by atoms with E-state index in [1.54, 1.807) is 0 Å². The van der Waals surface area contributed by atoms with Gasteiger partial charge in [0.05, 0.1) is 12.6 Å². The van der Waals surface area contributed by atoms with Crippen LogP contribution in [0.3, 0.4) is 0 Å². The van der Waals surface area contributed by atoms with Crippen molar-refractivity contribution in [3.05, 3.63) is 17.9 Å². The van der Waals surface area contributed by atoms with Gasteiger partial charge in [0.25, 0.3) is 0 Å². The Balaban J connectivity index is 2.76. The smallest absolute Gasteiger partial charge is 0.195 e. The highest BCUT2D eigenvalue weighted by Gasteiger charge is 2.12. The average Bonchev–Trinajstić information content (AvgIpc) is 2.68. The molecule has 14 heavy (non-hydrogen) atoms. The van der Waals surface area contributed by atoms with Crippen molar-refractivity contribution in [1.29, 1.82) is 0 Å². The molecule has 0 aliphatic rings. The van der Waals surface area contributed by atoms with Gasteiger partial charge in [-0.3, -0.25) is 0 Å². The molecule has 3 N–H and O–H groups in total. The van der Waals surface area contributed by atoms with E-state index in [-0.39, 0.29) is 6.61 Å². The van der Waals surface area contributed by atoms with Gasteiger partial charge in [-0.05, 0) is 19.9 Å². The quantitative estimate of drug-likeness (QED) is 0.744. The number of hydrogen-bond acceptors (Lipinski definition) is 4. The van der Waals surface area contributed by atoms with Crippen LogP contribution >= 0.6 is 0 Å². The zero-order valence-corrected chi connectivity index (χ0v) is 8.73. The Bertz CT molecular complexity index is 269. The molecule has 0 unspecified atom stereocenters. The molecule has 1 aromatic heterocycles. The normalized spacial score (nSPS) is 12.9. The summed E-state index contributed by atoms with van der Waals surface area (Å²) < 4.78 is 5.52. The van der Waals surface area contributed by atoms with Crippen molar-refractivity contribution in [2.24, 2.45) is 5.73 Å². The van der Waals surface area contributed by atoms with Crippen LogP contribution in [-0.2, 0) is 0 Å². The molecular formula is C10H18N2O2. The fraction of sp³-hybridized carbons (Fsp3) is 0.600. The SMILES string of the molecule is CCN(CC)c1ccc([C@H](N)CO)o1. The van der Waals surface area contributed by atoms with E-state index < -0.39 is 6.04 Å². The molecule has 4 nitrogen and oxygen atoms in total. The lowest BCUT2D eigenvalue weighted by Crippen LogP contribution is -2.21. The minimum absolute atomic E-state index is 0.0921. The van der Waals surface area contributed by atoms with Gasteiger partial charge in [0.15, 0.2) is 5.88 Å². The summed E-state index contributed by atoms with van der Waals surface area (Å²) in [6.07, 6.45) is 0. The van der Waals surface area contributed by atoms with Gasteiger partial charge in [0.2, 0.25) is 0 Å². The lowest BCUT2D eigenvalue weighted by atomic mass is 10.2. The van der Waals surface area contributed by atoms with Crippen molar-refractivity contribution in [1.82, 2.24) is 0 Å². The number of anilines is 1. The molecule has 0 aliphatic heterocycles. The molecule has 0 fully saturated rings. The van der Waals surface area contributed by atoms with Crippen LogP contribution in [0.25, 0.3) is 0 Å². The second kappa shape index (κ2) is 5.02. The first kappa shape index (κ1) is 11.1. The number of rotatable bonds is 5. The summed E-state index contributed by atoms with van der Waals surface area (Å²) in [5.41, 5.74) is 5.63. The van der Waals surface area contributed by atoms with Gasteiger partial charge < -0.3 is 20.2 Å². The van der Waals surface area contributed by atoms with Crippen LogP contribution in [0.5, 0.6) is 0 Å². The van der Waals surface area contributed by atoms with Crippen LogP contribution < -0.4 is 10.6 Å². The van der Waals surface area contributed by atoms with Gasteiger partial charge in [-0.15, -0.1) is 0 Å². The van der Waals surface area contributed by atoms with Gasteiger partial charge in [-0.25, -0.2) is 0 Å². The Kier molecular flexibility index (Phi) is 3.98. The van der Waals surface area contributed by atoms with Crippen molar-refractivity contribution in [2.45, 2.75) is 19.9 Å². The largest absolute Gasteiger partial charge is 0.444 e. The number of nitrogens with two attached hydrogens (primary N) is 1. The summed E-state index contributed by atoms with van der Waals surface area (Å²) in [4.78, 5) is 2.09. The van der Waals surface area contributed by atoms with E-state index >= 15 is 0 Å². The van der Waals surface area contributed by atoms with Crippen LogP contribution in [-0.4, -0.2) is 24.8 Å². The summed E-state index contributed by atoms with van der Waals surface area (Å²) in [6, 6.07) is 3.28. The third-order valence-electron chi connectivity index (χ3n) is 2.25. The van der Waals surface area contributed by atoms with Gasteiger partial charge in [0, 0.05) is 19.2 Å². The van der Waals surface area contributed by atoms with Crippen LogP contribution in [0, 0.1) is 0 Å². The van der Waals surface area contributed by atoms with Crippen molar-refractivity contribution in [3.8, 4) is 0 Å². The monoisotopic (exact) mass is 198 g/mol. The first-order valence-electron chi connectivity index (χ1n) is 4.94. The van der Waals surface area contributed by atoms with Crippen LogP contribution in [0.1, 0.15) is 25.6 Å². The second-order valence-electron chi connectivity index (χ2n) is 3.14. The van der Waals surface area contributed by atoms with Crippen molar-refractivity contribution >= 4 is 5.88 Å². The first-order chi connectivity index (χ1) is 6.72. The van der Waals surface area contributed by atoms with Gasteiger partial charge in [-0.2, -0.15) is 0 Å². The fourth-order valence-corrected chi connectivity index (χ4v) is 1.34. The van der Waals surface area contributed by atoms with Gasteiger partial charge >= 0.3 is 0 Å². The number of furan rings is 1. The number of aliphatic hydroxyl groups is 1. The Morgan fingerprint density at radius 3 is 2.57 bits per heavy atom. The van der Waals surface area contributed by atoms with E-state index in [0.29, 0.717) is 5.76 Å². The predicted molar refractivity (Wildman–Crippen MR) is 56.3 cm³/mol. The minimum Gasteiger partial charge on any atom is -0.444 e. The Morgan fingerprint density at radius 2 is 2.07 bits per heavy atom. The summed E-state index contributed by atoms with van der Waals surface area (Å²) >= 11 is 0. The molecule has 0 radical (unpaired) electrons. The number of nitrogens with zero attached hydrogens (tertiary/aromatic N) is 1. The molecule has 1 atom stereocenters. The van der Waals surface area contributed by atoms with E-state index in [2.05, 4.69) is 18.7 Å². The number of aliphatic hydroxyl groups excluding tert-OH is 1. The van der Waals surface area contributed by atoms with E-state index in [0.717, 1.165) is 19.0 Å². The molecule has 0 spiro atoms. The zero-order valence-electron chi connectivity index (χ0n) is 8.73. The third kappa shape index (κ3) is 2.27. The molecule has 1 aromatic rings. The van der Waals surface area contributed by atoms with Crippen molar-refractivity contribution in [3.63, 3.8) is 0 Å². The number of hydrogen-bond donors (Lipinski definition) is 2. The highest BCUT2D eigenvalue weighted by Crippen LogP contribution is 2.21. The summed E-state index contributed by atoms with van der Waals surface area (Å²) in [6.45, 7) is 5.84. The molecule has 0 bridgehead atoms. The molecule has 1 heterocycles. The lowest BCUT2D eigenvalue weighted by molar-refractivity contribution is 0.252. The van der Waals surface area contributed by atoms with E-state index in [9.17, 15) is 0 Å². The molecule has 4 heteroatoms. The highest BCUT2D eigenvalue weighted by atomic mass is 16.4. The van der Waals surface area contributed by atoms with Crippen molar-refractivity contribution < 1.29 is 9.52 Å². The maximum absolute atomic E-state index is 8.85. The summed E-state index contributed by atoms with van der Waals surface area (Å²) in [7, 11) is 0. The fourth-order valence-electron chi connectivity index (χ4n) is 1.34. The highest BCUT2D eigenvalue weighted by molar-refractivity contribution is 5.36. The van der Waals surface area contributed by atoms with E-state index in [4.69, 9.17) is 15.3 Å². The zero-order chi connectivity index (χ0) is 10.6. The Labute approximate surface area is 84.3 Å². The molecule has 0 aliphatic carbocycles. The molecule has 0 amide bonds. The summed E-state index contributed by atoms with van der Waals surface area (Å²) in [5, 5.41) is 8.85. The molecule has 0 aromatic carbocycles. The second-order valence-corrected chi connectivity index (χ2v) is 3.14. The molecular weight excluding hydrogens is 180 g/mol. The maximum Gasteiger partial charge on any atom is 0.195 e. The average molecular weight is 198 g/mol. The Hall–Kier alpha value is -1.00. The topological polar surface area (TPSA) is 62.6 Å². The predicted octanol–water partition coefficient (Wildman–Crippen LogP) is 1.12. The molecule has 0 saturated heterocycles. The molecule has 80 valence electrons. The van der Waals surface area contributed by atoms with Crippen molar-refractivity contribution in [2.75, 3.05) is 24.6 Å². The van der Waals surface area contributed by atoms with Crippen LogP contribution in [0.4, 0.5) is 5.88 Å². The maximum atomic E-state index is 8.85. The van der Waals surface area contributed by atoms with Gasteiger partial charge in [-0.1, -0.05) is 0 Å². The Morgan fingerprint density at radius 1 is 1.43 bits per heavy atom. The first-order valence-corrected chi connectivity index (χ1v) is 4.94. The molecule has 0 saturated carbocycles. The van der Waals surface area contributed by atoms with E-state index in [1.807, 2.05) is 12.1 Å². The van der Waals surface area contributed by atoms with E-state index in [1.165, 1.54) is 0 Å². The van der Waals surface area contributed by atoms with Gasteiger partial charge in [0.1, 0.15) is 5.76 Å².